The number of piperidine rings is 1. The zero-order valence-corrected chi connectivity index (χ0v) is 13.3. The predicted octanol–water partition coefficient (Wildman–Crippen LogP) is 0.761. The van der Waals surface area contributed by atoms with E-state index in [1.807, 2.05) is 18.7 Å². The zero-order valence-electron chi connectivity index (χ0n) is 11.7. The molecule has 2 atom stereocenters. The Morgan fingerprint density at radius 3 is 2.42 bits per heavy atom. The van der Waals surface area contributed by atoms with Gasteiger partial charge in [-0.2, -0.15) is 28.8 Å². The second kappa shape index (κ2) is 6.30. The molecule has 0 spiro atoms. The van der Waals surface area contributed by atoms with E-state index in [1.54, 1.807) is 8.61 Å². The van der Waals surface area contributed by atoms with Crippen molar-refractivity contribution in [1.82, 2.24) is 8.61 Å². The van der Waals surface area contributed by atoms with E-state index >= 15 is 0 Å². The Morgan fingerprint density at radius 1 is 1.21 bits per heavy atom. The van der Waals surface area contributed by atoms with Gasteiger partial charge in [-0.15, -0.1) is 0 Å². The lowest BCUT2D eigenvalue weighted by atomic mass is 10.00. The average Bonchev–Trinajstić information content (AvgIpc) is 2.41. The number of rotatable bonds is 3. The first-order valence-corrected chi connectivity index (χ1v) is 9.40. The van der Waals surface area contributed by atoms with Crippen molar-refractivity contribution in [3.8, 4) is 0 Å². The molecule has 0 aromatic heterocycles. The summed E-state index contributed by atoms with van der Waals surface area (Å²) in [4.78, 5) is 0. The van der Waals surface area contributed by atoms with Gasteiger partial charge < -0.3 is 5.11 Å². The first kappa shape index (κ1) is 15.6. The van der Waals surface area contributed by atoms with Gasteiger partial charge in [-0.1, -0.05) is 6.92 Å². The minimum absolute atomic E-state index is 0.0549. The van der Waals surface area contributed by atoms with Crippen molar-refractivity contribution in [2.45, 2.75) is 38.0 Å². The quantitative estimate of drug-likeness (QED) is 0.836. The molecule has 0 amide bonds. The van der Waals surface area contributed by atoms with E-state index in [-0.39, 0.29) is 18.6 Å². The number of hydrogen-bond donors (Lipinski definition) is 1. The summed E-state index contributed by atoms with van der Waals surface area (Å²) >= 11 is 1.84. The topological polar surface area (TPSA) is 60.9 Å². The standard InChI is InChI=1S/C12H24N2O3S2/c1-10-11(2)18-8-7-14(10)19(16,17)13-5-3-12(9-15)4-6-13/h10-12,15H,3-9H2,1-2H3. The van der Waals surface area contributed by atoms with Gasteiger partial charge in [0.2, 0.25) is 0 Å². The van der Waals surface area contributed by atoms with E-state index in [9.17, 15) is 8.42 Å². The first-order chi connectivity index (χ1) is 8.96. The lowest BCUT2D eigenvalue weighted by molar-refractivity contribution is 0.164. The molecule has 7 heteroatoms. The van der Waals surface area contributed by atoms with Gasteiger partial charge in [0.05, 0.1) is 0 Å². The van der Waals surface area contributed by atoms with Crippen LogP contribution in [-0.2, 0) is 10.2 Å². The van der Waals surface area contributed by atoms with Crippen molar-refractivity contribution < 1.29 is 13.5 Å². The van der Waals surface area contributed by atoms with Crippen LogP contribution in [0.5, 0.6) is 0 Å². The van der Waals surface area contributed by atoms with E-state index in [2.05, 4.69) is 6.92 Å². The van der Waals surface area contributed by atoms with Gasteiger partial charge in [0.15, 0.2) is 0 Å². The Labute approximate surface area is 120 Å². The van der Waals surface area contributed by atoms with Crippen LogP contribution in [0.25, 0.3) is 0 Å². The van der Waals surface area contributed by atoms with Crippen LogP contribution in [0.3, 0.4) is 0 Å². The van der Waals surface area contributed by atoms with Crippen LogP contribution in [0.2, 0.25) is 0 Å². The van der Waals surface area contributed by atoms with Crippen molar-refractivity contribution >= 4 is 22.0 Å². The molecule has 2 unspecified atom stereocenters. The minimum Gasteiger partial charge on any atom is -0.396 e. The van der Waals surface area contributed by atoms with E-state index in [0.717, 1.165) is 18.6 Å². The van der Waals surface area contributed by atoms with Crippen LogP contribution in [0.15, 0.2) is 0 Å². The number of hydrogen-bond acceptors (Lipinski definition) is 4. The molecule has 0 aromatic rings. The van der Waals surface area contributed by atoms with E-state index in [1.165, 1.54) is 0 Å². The van der Waals surface area contributed by atoms with Crippen molar-refractivity contribution in [2.75, 3.05) is 32.0 Å². The van der Waals surface area contributed by atoms with Gasteiger partial charge >= 0.3 is 0 Å². The monoisotopic (exact) mass is 308 g/mol. The fraction of sp³-hybridized carbons (Fsp3) is 1.00. The molecule has 1 N–H and O–H groups in total. The van der Waals surface area contributed by atoms with Gasteiger partial charge in [-0.25, -0.2) is 0 Å². The molecule has 112 valence electrons. The minimum atomic E-state index is -3.33. The molecule has 2 aliphatic rings. The summed E-state index contributed by atoms with van der Waals surface area (Å²) in [5, 5.41) is 9.47. The molecule has 0 aliphatic carbocycles. The van der Waals surface area contributed by atoms with Gasteiger partial charge in [0, 0.05) is 43.3 Å². The number of nitrogens with zero attached hydrogens (tertiary/aromatic N) is 2. The number of aliphatic hydroxyl groups is 1. The van der Waals surface area contributed by atoms with E-state index < -0.39 is 10.2 Å². The molecular weight excluding hydrogens is 284 g/mol. The summed E-state index contributed by atoms with van der Waals surface area (Å²) in [6, 6.07) is 0.0549. The van der Waals surface area contributed by atoms with E-state index in [0.29, 0.717) is 24.9 Å². The van der Waals surface area contributed by atoms with Crippen LogP contribution in [-0.4, -0.2) is 65.4 Å². The van der Waals surface area contributed by atoms with E-state index in [4.69, 9.17) is 5.11 Å². The Balaban J connectivity index is 2.05. The van der Waals surface area contributed by atoms with Gasteiger partial charge in [-0.3, -0.25) is 0 Å². The van der Waals surface area contributed by atoms with Crippen molar-refractivity contribution in [3.63, 3.8) is 0 Å². The van der Waals surface area contributed by atoms with Crippen LogP contribution >= 0.6 is 11.8 Å². The second-order valence-corrected chi connectivity index (χ2v) is 8.83. The smallest absolute Gasteiger partial charge is 0.282 e. The molecule has 0 radical (unpaired) electrons. The maximum Gasteiger partial charge on any atom is 0.282 e. The van der Waals surface area contributed by atoms with Crippen molar-refractivity contribution in [2.24, 2.45) is 5.92 Å². The Hall–Kier alpha value is 0.180. The maximum atomic E-state index is 12.7. The highest BCUT2D eigenvalue weighted by Gasteiger charge is 2.38. The fourth-order valence-corrected chi connectivity index (χ4v) is 5.89. The maximum absolute atomic E-state index is 12.7. The van der Waals surface area contributed by atoms with Crippen LogP contribution < -0.4 is 0 Å². The summed E-state index contributed by atoms with van der Waals surface area (Å²) in [5.74, 6) is 1.14. The number of thioether (sulfide) groups is 1. The summed E-state index contributed by atoms with van der Waals surface area (Å²) in [7, 11) is -3.33. The lowest BCUT2D eigenvalue weighted by Gasteiger charge is -2.40. The van der Waals surface area contributed by atoms with Crippen LogP contribution in [0.1, 0.15) is 26.7 Å². The normalized spacial score (nSPS) is 32.6. The largest absolute Gasteiger partial charge is 0.396 e. The predicted molar refractivity (Wildman–Crippen MR) is 78.4 cm³/mol. The molecular formula is C12H24N2O3S2. The van der Waals surface area contributed by atoms with Gasteiger partial charge in [0.1, 0.15) is 0 Å². The molecule has 0 bridgehead atoms. The second-order valence-electron chi connectivity index (χ2n) is 5.46. The molecule has 2 fully saturated rings. The highest BCUT2D eigenvalue weighted by molar-refractivity contribution is 8.00. The SMILES string of the molecule is CC1SCCN(S(=O)(=O)N2CCC(CO)CC2)C1C. The zero-order chi connectivity index (χ0) is 14.0. The summed E-state index contributed by atoms with van der Waals surface area (Å²) in [5.41, 5.74) is 0. The molecule has 19 heavy (non-hydrogen) atoms. The van der Waals surface area contributed by atoms with Crippen LogP contribution in [0, 0.1) is 5.92 Å². The molecule has 0 aromatic carbocycles. The summed E-state index contributed by atoms with van der Waals surface area (Å²) in [6.07, 6.45) is 1.53. The Kier molecular flexibility index (Phi) is 5.16. The molecule has 2 saturated heterocycles. The molecule has 2 rings (SSSR count). The average molecular weight is 308 g/mol. The van der Waals surface area contributed by atoms with Gasteiger partial charge in [-0.05, 0) is 25.7 Å². The molecule has 2 heterocycles. The van der Waals surface area contributed by atoms with Crippen LogP contribution in [0.4, 0.5) is 0 Å². The molecule has 0 saturated carbocycles. The highest BCUT2D eigenvalue weighted by atomic mass is 32.2. The summed E-state index contributed by atoms with van der Waals surface area (Å²) in [6.45, 7) is 5.95. The molecule has 5 nitrogen and oxygen atoms in total. The Morgan fingerprint density at radius 2 is 1.84 bits per heavy atom. The Bertz CT molecular complexity index is 394. The fourth-order valence-electron chi connectivity index (χ4n) is 2.70. The first-order valence-electron chi connectivity index (χ1n) is 6.96. The van der Waals surface area contributed by atoms with Gasteiger partial charge in [0.25, 0.3) is 10.2 Å². The third-order valence-corrected chi connectivity index (χ3v) is 7.74. The summed E-state index contributed by atoms with van der Waals surface area (Å²) < 4.78 is 28.6. The molecule has 2 aliphatic heterocycles. The number of aliphatic hydroxyl groups excluding tert-OH is 1. The third kappa shape index (κ3) is 3.26. The third-order valence-electron chi connectivity index (χ3n) is 4.28. The lowest BCUT2D eigenvalue weighted by Crippen LogP contribution is -2.54. The highest BCUT2D eigenvalue weighted by Crippen LogP contribution is 2.29. The van der Waals surface area contributed by atoms with Crippen molar-refractivity contribution in [1.29, 1.82) is 0 Å². The van der Waals surface area contributed by atoms with Crippen molar-refractivity contribution in [3.05, 3.63) is 0 Å².